The third-order valence-corrected chi connectivity index (χ3v) is 6.58. The average molecular weight is 350 g/mol. The van der Waals surface area contributed by atoms with Crippen molar-refractivity contribution in [3.8, 4) is 0 Å². The normalized spacial score (nSPS) is 19.2. The number of aromatic nitrogens is 1. The molecule has 1 saturated carbocycles. The first-order chi connectivity index (χ1) is 11.1. The number of thiazole rings is 1. The minimum absolute atomic E-state index is 0.297. The van der Waals surface area contributed by atoms with Gasteiger partial charge in [-0.3, -0.25) is 4.79 Å². The molecule has 0 bridgehead atoms. The number of carbonyl (C=O) groups is 1. The summed E-state index contributed by atoms with van der Waals surface area (Å²) in [4.78, 5) is 21.4. The molecule has 1 aliphatic heterocycles. The van der Waals surface area contributed by atoms with Crippen LogP contribution in [0.15, 0.2) is 12.1 Å². The molecule has 4 rings (SSSR count). The number of amides is 1. The van der Waals surface area contributed by atoms with Gasteiger partial charge in [-0.15, -0.1) is 0 Å². The van der Waals surface area contributed by atoms with Gasteiger partial charge in [-0.1, -0.05) is 35.4 Å². The van der Waals surface area contributed by atoms with E-state index in [0.29, 0.717) is 11.8 Å². The molecule has 1 aliphatic carbocycles. The van der Waals surface area contributed by atoms with Crippen molar-refractivity contribution in [2.24, 2.45) is 5.92 Å². The molecule has 0 atom stereocenters. The zero-order chi connectivity index (χ0) is 16.0. The highest BCUT2D eigenvalue weighted by atomic mass is 35.5. The van der Waals surface area contributed by atoms with Gasteiger partial charge in [0.2, 0.25) is 5.91 Å². The maximum absolute atomic E-state index is 12.3. The quantitative estimate of drug-likeness (QED) is 0.829. The smallest absolute Gasteiger partial charge is 0.225 e. The van der Waals surface area contributed by atoms with Crippen molar-refractivity contribution in [3.63, 3.8) is 0 Å². The summed E-state index contributed by atoms with van der Waals surface area (Å²) in [7, 11) is 0. The summed E-state index contributed by atoms with van der Waals surface area (Å²) < 4.78 is 1.06. The number of anilines is 1. The van der Waals surface area contributed by atoms with Crippen molar-refractivity contribution >= 4 is 44.2 Å². The Morgan fingerprint density at radius 2 is 2.00 bits per heavy atom. The summed E-state index contributed by atoms with van der Waals surface area (Å²) in [6, 6.07) is 3.96. The SMILES string of the molecule is Cc1ccc(Cl)c2sc(N3CCN(C(=O)C4CCC4)CC3)nc12. The summed E-state index contributed by atoms with van der Waals surface area (Å²) in [6.07, 6.45) is 3.37. The van der Waals surface area contributed by atoms with E-state index in [1.165, 1.54) is 6.42 Å². The van der Waals surface area contributed by atoms with Gasteiger partial charge in [0.05, 0.1) is 15.2 Å². The van der Waals surface area contributed by atoms with Gasteiger partial charge in [0, 0.05) is 32.1 Å². The lowest BCUT2D eigenvalue weighted by Crippen LogP contribution is -2.51. The van der Waals surface area contributed by atoms with Gasteiger partial charge in [0.25, 0.3) is 0 Å². The molecule has 2 aliphatic rings. The van der Waals surface area contributed by atoms with Gasteiger partial charge < -0.3 is 9.80 Å². The highest BCUT2D eigenvalue weighted by Crippen LogP contribution is 2.36. The molecular formula is C17H20ClN3OS. The van der Waals surface area contributed by atoms with Gasteiger partial charge in [0.15, 0.2) is 5.13 Å². The minimum atomic E-state index is 0.297. The van der Waals surface area contributed by atoms with E-state index in [2.05, 4.69) is 11.8 Å². The summed E-state index contributed by atoms with van der Waals surface area (Å²) in [6.45, 7) is 5.39. The number of hydrogen-bond donors (Lipinski definition) is 0. The molecule has 1 saturated heterocycles. The fourth-order valence-corrected chi connectivity index (χ4v) is 4.63. The van der Waals surface area contributed by atoms with Crippen molar-refractivity contribution < 1.29 is 4.79 Å². The topological polar surface area (TPSA) is 36.4 Å². The molecule has 6 heteroatoms. The van der Waals surface area contributed by atoms with E-state index < -0.39 is 0 Å². The largest absolute Gasteiger partial charge is 0.345 e. The van der Waals surface area contributed by atoms with Crippen LogP contribution in [0.2, 0.25) is 5.02 Å². The molecule has 2 aromatic rings. The molecule has 1 amide bonds. The van der Waals surface area contributed by atoms with E-state index in [1.54, 1.807) is 11.3 Å². The molecule has 0 radical (unpaired) electrons. The Bertz CT molecular complexity index is 709. The van der Waals surface area contributed by atoms with E-state index >= 15 is 0 Å². The van der Waals surface area contributed by atoms with Gasteiger partial charge in [0.1, 0.15) is 0 Å². The first kappa shape index (κ1) is 15.2. The molecular weight excluding hydrogens is 330 g/mol. The van der Waals surface area contributed by atoms with Crippen LogP contribution in [0, 0.1) is 12.8 Å². The van der Waals surface area contributed by atoms with Crippen LogP contribution in [0.5, 0.6) is 0 Å². The zero-order valence-corrected chi connectivity index (χ0v) is 14.8. The number of rotatable bonds is 2. The number of aryl methyl sites for hydroxylation is 1. The fourth-order valence-electron chi connectivity index (χ4n) is 3.26. The van der Waals surface area contributed by atoms with Crippen LogP contribution in [0.1, 0.15) is 24.8 Å². The van der Waals surface area contributed by atoms with Gasteiger partial charge in [-0.2, -0.15) is 0 Å². The Hall–Kier alpha value is -1.33. The lowest BCUT2D eigenvalue weighted by atomic mass is 9.84. The van der Waals surface area contributed by atoms with E-state index in [4.69, 9.17) is 16.6 Å². The van der Waals surface area contributed by atoms with Gasteiger partial charge >= 0.3 is 0 Å². The standard InChI is InChI=1S/C17H20ClN3OS/c1-11-5-6-13(18)15-14(11)19-17(23-15)21-9-7-20(8-10-21)16(22)12-3-2-4-12/h5-6,12H,2-4,7-10H2,1H3. The predicted octanol–water partition coefficient (Wildman–Crippen LogP) is 3.71. The van der Waals surface area contributed by atoms with E-state index in [0.717, 1.165) is 65.0 Å². The van der Waals surface area contributed by atoms with Crippen LogP contribution in [0.4, 0.5) is 5.13 Å². The third kappa shape index (κ3) is 2.70. The second kappa shape index (κ2) is 5.95. The summed E-state index contributed by atoms with van der Waals surface area (Å²) in [5.74, 6) is 0.657. The van der Waals surface area contributed by atoms with Crippen LogP contribution in [0.3, 0.4) is 0 Å². The number of benzene rings is 1. The van der Waals surface area contributed by atoms with Gasteiger partial charge in [-0.25, -0.2) is 4.98 Å². The number of carbonyl (C=O) groups excluding carboxylic acids is 1. The molecule has 0 N–H and O–H groups in total. The van der Waals surface area contributed by atoms with Crippen LogP contribution in [-0.4, -0.2) is 42.0 Å². The Morgan fingerprint density at radius 1 is 1.26 bits per heavy atom. The van der Waals surface area contributed by atoms with Crippen LogP contribution in [-0.2, 0) is 4.79 Å². The monoisotopic (exact) mass is 349 g/mol. The third-order valence-electron chi connectivity index (χ3n) is 5.00. The second-order valence-corrected chi connectivity index (χ2v) is 7.86. The van der Waals surface area contributed by atoms with E-state index in [-0.39, 0.29) is 0 Å². The number of nitrogens with zero attached hydrogens (tertiary/aromatic N) is 3. The summed E-state index contributed by atoms with van der Waals surface area (Å²) >= 11 is 7.96. The fraction of sp³-hybridized carbons (Fsp3) is 0.529. The van der Waals surface area contributed by atoms with Crippen LogP contribution in [0.25, 0.3) is 10.2 Å². The molecule has 23 heavy (non-hydrogen) atoms. The first-order valence-corrected chi connectivity index (χ1v) is 9.42. The Balaban J connectivity index is 1.49. The first-order valence-electron chi connectivity index (χ1n) is 8.23. The number of hydrogen-bond acceptors (Lipinski definition) is 4. The number of piperazine rings is 1. The van der Waals surface area contributed by atoms with E-state index in [1.807, 2.05) is 17.0 Å². The average Bonchev–Trinajstić information content (AvgIpc) is 2.96. The minimum Gasteiger partial charge on any atom is -0.345 e. The Kier molecular flexibility index (Phi) is 3.93. The zero-order valence-electron chi connectivity index (χ0n) is 13.2. The Morgan fingerprint density at radius 3 is 2.61 bits per heavy atom. The summed E-state index contributed by atoms with van der Waals surface area (Å²) in [5.41, 5.74) is 2.16. The number of fused-ring (bicyclic) bond motifs is 1. The summed E-state index contributed by atoms with van der Waals surface area (Å²) in [5, 5.41) is 1.79. The van der Waals surface area contributed by atoms with Crippen molar-refractivity contribution in [2.45, 2.75) is 26.2 Å². The lowest BCUT2D eigenvalue weighted by molar-refractivity contribution is -0.138. The van der Waals surface area contributed by atoms with Crippen LogP contribution < -0.4 is 4.90 Å². The molecule has 1 aromatic carbocycles. The Labute approximate surface area is 145 Å². The second-order valence-electron chi connectivity index (χ2n) is 6.48. The van der Waals surface area contributed by atoms with Crippen molar-refractivity contribution in [2.75, 3.05) is 31.1 Å². The van der Waals surface area contributed by atoms with Crippen molar-refractivity contribution in [1.82, 2.24) is 9.88 Å². The highest BCUT2D eigenvalue weighted by Gasteiger charge is 2.31. The number of halogens is 1. The molecule has 4 nitrogen and oxygen atoms in total. The molecule has 0 spiro atoms. The predicted molar refractivity (Wildman–Crippen MR) is 95.5 cm³/mol. The van der Waals surface area contributed by atoms with Gasteiger partial charge in [-0.05, 0) is 31.4 Å². The van der Waals surface area contributed by atoms with Crippen molar-refractivity contribution in [3.05, 3.63) is 22.7 Å². The molecule has 2 heterocycles. The lowest BCUT2D eigenvalue weighted by Gasteiger charge is -2.38. The van der Waals surface area contributed by atoms with Crippen LogP contribution >= 0.6 is 22.9 Å². The molecule has 2 fully saturated rings. The maximum atomic E-state index is 12.3. The highest BCUT2D eigenvalue weighted by molar-refractivity contribution is 7.22. The van der Waals surface area contributed by atoms with Crippen molar-refractivity contribution in [1.29, 1.82) is 0 Å². The molecule has 1 aromatic heterocycles. The maximum Gasteiger partial charge on any atom is 0.225 e. The van der Waals surface area contributed by atoms with E-state index in [9.17, 15) is 4.79 Å². The molecule has 0 unspecified atom stereocenters. The molecule has 122 valence electrons.